The Bertz CT molecular complexity index is 1560. The molecule has 1 saturated heterocycles. The number of aliphatic hydroxyl groups is 5. The van der Waals surface area contributed by atoms with Gasteiger partial charge < -0.3 is 45.1 Å². The van der Waals surface area contributed by atoms with E-state index in [9.17, 15) is 35.1 Å². The van der Waals surface area contributed by atoms with Crippen LogP contribution in [0.25, 0.3) is 0 Å². The largest absolute Gasteiger partial charge is 0.454 e. The molecule has 0 spiro atoms. The van der Waals surface area contributed by atoms with Crippen molar-refractivity contribution in [2.45, 2.75) is 301 Å². The second-order valence-electron chi connectivity index (χ2n) is 21.1. The monoisotopic (exact) mass is 1070 g/mol. The van der Waals surface area contributed by atoms with E-state index >= 15 is 0 Å². The predicted octanol–water partition coefficient (Wildman–Crippen LogP) is 14.6. The highest BCUT2D eigenvalue weighted by Gasteiger charge is 2.47. The van der Waals surface area contributed by atoms with Crippen LogP contribution in [0.2, 0.25) is 0 Å². The molecular formula is C65H113NO10. The number of carbonyl (C=O) groups excluding carboxylic acids is 2. The first-order valence-corrected chi connectivity index (χ1v) is 30.9. The summed E-state index contributed by atoms with van der Waals surface area (Å²) in [4.78, 5) is 26.5. The minimum atomic E-state index is -1.64. The zero-order valence-corrected chi connectivity index (χ0v) is 48.3. The van der Waals surface area contributed by atoms with E-state index in [1.54, 1.807) is 6.08 Å². The van der Waals surface area contributed by atoms with Crippen LogP contribution >= 0.6 is 0 Å². The van der Waals surface area contributed by atoms with Gasteiger partial charge in [0.15, 0.2) is 12.4 Å². The van der Waals surface area contributed by atoms with E-state index in [1.807, 2.05) is 18.2 Å². The van der Waals surface area contributed by atoms with Crippen molar-refractivity contribution in [2.24, 2.45) is 0 Å². The Morgan fingerprint density at radius 3 is 1.38 bits per heavy atom. The molecule has 1 rings (SSSR count). The molecule has 1 fully saturated rings. The van der Waals surface area contributed by atoms with Gasteiger partial charge in [-0.15, -0.1) is 0 Å². The summed E-state index contributed by atoms with van der Waals surface area (Å²) in [7, 11) is 0. The Morgan fingerprint density at radius 2 is 0.908 bits per heavy atom. The topological polar surface area (TPSA) is 175 Å². The van der Waals surface area contributed by atoms with E-state index in [1.165, 1.54) is 122 Å². The Morgan fingerprint density at radius 1 is 0.513 bits per heavy atom. The molecule has 0 aromatic carbocycles. The average Bonchev–Trinajstić information content (AvgIpc) is 3.42. The van der Waals surface area contributed by atoms with Gasteiger partial charge in [-0.2, -0.15) is 0 Å². The van der Waals surface area contributed by atoms with Gasteiger partial charge in [0.2, 0.25) is 5.91 Å². The van der Waals surface area contributed by atoms with Gasteiger partial charge >= 0.3 is 5.97 Å². The molecule has 1 amide bonds. The van der Waals surface area contributed by atoms with Crippen LogP contribution in [0.3, 0.4) is 0 Å². The van der Waals surface area contributed by atoms with Crippen LogP contribution in [0.5, 0.6) is 0 Å². The fourth-order valence-corrected chi connectivity index (χ4v) is 9.08. The third-order valence-electron chi connectivity index (χ3n) is 14.0. The van der Waals surface area contributed by atoms with Gasteiger partial charge in [-0.25, -0.2) is 0 Å². The minimum absolute atomic E-state index is 0.0442. The molecule has 438 valence electrons. The van der Waals surface area contributed by atoms with E-state index in [4.69, 9.17) is 14.2 Å². The lowest BCUT2D eigenvalue weighted by molar-refractivity contribution is -0.305. The quantitative estimate of drug-likeness (QED) is 0.0195. The fraction of sp³-hybridized carbons (Fsp3) is 0.754. The van der Waals surface area contributed by atoms with Crippen LogP contribution in [-0.4, -0.2) is 99.6 Å². The number of esters is 1. The van der Waals surface area contributed by atoms with Gasteiger partial charge in [-0.05, 0) is 96.3 Å². The summed E-state index contributed by atoms with van der Waals surface area (Å²) in [6.45, 7) is 5.70. The first-order valence-electron chi connectivity index (χ1n) is 30.9. The SMILES string of the molecule is CCCCC/C=C\C/C=C\C/C=C\C/C=C\CCCC(=O)OC1C(OCC(NC(=O)C(O)CCCCCCCCCC/C=C\C/C=C\CCCCC)C(O)/C=C/CCCCCCCCCCCC)OC(CO)C(O)C1O. The summed E-state index contributed by atoms with van der Waals surface area (Å²) in [5.74, 6) is -1.26. The minimum Gasteiger partial charge on any atom is -0.454 e. The molecule has 1 aliphatic heterocycles. The summed E-state index contributed by atoms with van der Waals surface area (Å²) in [5.41, 5.74) is 0. The van der Waals surface area contributed by atoms with Crippen molar-refractivity contribution in [3.05, 3.63) is 85.1 Å². The van der Waals surface area contributed by atoms with Crippen molar-refractivity contribution < 1.29 is 49.3 Å². The Kier molecular flexibility index (Phi) is 49.0. The molecular weight excluding hydrogens is 955 g/mol. The lowest BCUT2D eigenvalue weighted by Crippen LogP contribution is -2.61. The molecule has 76 heavy (non-hydrogen) atoms. The summed E-state index contributed by atoms with van der Waals surface area (Å²) >= 11 is 0. The van der Waals surface area contributed by atoms with Crippen LogP contribution < -0.4 is 5.32 Å². The Balaban J connectivity index is 2.73. The Hall–Kier alpha value is -3.16. The number of hydrogen-bond acceptors (Lipinski definition) is 10. The number of nitrogens with one attached hydrogen (secondary N) is 1. The molecule has 11 nitrogen and oxygen atoms in total. The van der Waals surface area contributed by atoms with Crippen LogP contribution in [-0.2, 0) is 23.8 Å². The van der Waals surface area contributed by atoms with Gasteiger partial charge in [-0.3, -0.25) is 9.59 Å². The highest BCUT2D eigenvalue weighted by atomic mass is 16.7. The molecule has 0 saturated carbocycles. The first kappa shape index (κ1) is 70.9. The highest BCUT2D eigenvalue weighted by Crippen LogP contribution is 2.26. The summed E-state index contributed by atoms with van der Waals surface area (Å²) in [6.07, 6.45) is 57.6. The van der Waals surface area contributed by atoms with E-state index in [0.29, 0.717) is 19.3 Å². The molecule has 1 heterocycles. The lowest BCUT2D eigenvalue weighted by Gasteiger charge is -2.41. The van der Waals surface area contributed by atoms with E-state index in [2.05, 4.69) is 86.8 Å². The molecule has 0 radical (unpaired) electrons. The van der Waals surface area contributed by atoms with Crippen molar-refractivity contribution in [1.29, 1.82) is 0 Å². The van der Waals surface area contributed by atoms with Crippen LogP contribution in [0.1, 0.15) is 252 Å². The van der Waals surface area contributed by atoms with Gasteiger partial charge in [0, 0.05) is 6.42 Å². The summed E-state index contributed by atoms with van der Waals surface area (Å²) < 4.78 is 17.5. The number of unbranched alkanes of at least 4 members (excludes halogenated alkanes) is 25. The molecule has 6 N–H and O–H groups in total. The highest BCUT2D eigenvalue weighted by molar-refractivity contribution is 5.80. The number of rotatable bonds is 51. The number of carbonyl (C=O) groups is 2. The second-order valence-corrected chi connectivity index (χ2v) is 21.1. The number of aliphatic hydroxyl groups excluding tert-OH is 5. The third-order valence-corrected chi connectivity index (χ3v) is 14.0. The molecule has 11 heteroatoms. The normalized spacial score (nSPS) is 19.7. The molecule has 1 aliphatic rings. The van der Waals surface area contributed by atoms with Gasteiger partial charge in [-0.1, -0.05) is 234 Å². The standard InChI is InChI=1S/C65H113NO10/c1-4-7-10-13-16-19-22-25-27-29-31-32-34-37-40-43-46-49-52-58(69)64(73)66-56(57(68)51-48-45-42-39-36-24-21-18-15-12-9-6-3)55-74-65-63(62(72)61(71)59(54-67)75-65)76-60(70)53-50-47-44-41-38-35-33-30-28-26-23-20-17-14-11-8-5-2/h16-17,19-20,25-28,33,35,41,44,48,51,56-59,61-63,65,67-69,71-72H,4-15,18,21-24,29-32,34,36-40,42-43,45-47,49-50,52-55H2,1-3H3,(H,66,73)/b19-16-,20-17-,27-25-,28-26-,35-33-,44-41-,51-48+. The Labute approximate surface area is 463 Å². The van der Waals surface area contributed by atoms with E-state index in [-0.39, 0.29) is 19.4 Å². The number of amides is 1. The molecule has 8 unspecified atom stereocenters. The smallest absolute Gasteiger partial charge is 0.306 e. The van der Waals surface area contributed by atoms with Gasteiger partial charge in [0.1, 0.15) is 24.4 Å². The summed E-state index contributed by atoms with van der Waals surface area (Å²) in [6, 6.07) is -1.04. The van der Waals surface area contributed by atoms with Gasteiger partial charge in [0.05, 0.1) is 25.4 Å². The van der Waals surface area contributed by atoms with Crippen molar-refractivity contribution >= 4 is 11.9 Å². The second kappa shape index (κ2) is 52.5. The average molecular weight is 1070 g/mol. The first-order chi connectivity index (χ1) is 37.2. The maximum Gasteiger partial charge on any atom is 0.306 e. The van der Waals surface area contributed by atoms with Crippen LogP contribution in [0.15, 0.2) is 85.1 Å². The van der Waals surface area contributed by atoms with Crippen molar-refractivity contribution in [3.63, 3.8) is 0 Å². The number of allylic oxidation sites excluding steroid dienone is 13. The van der Waals surface area contributed by atoms with Crippen molar-refractivity contribution in [3.8, 4) is 0 Å². The summed E-state index contributed by atoms with van der Waals surface area (Å²) in [5, 5.41) is 56.9. The number of hydrogen-bond donors (Lipinski definition) is 6. The maximum absolute atomic E-state index is 13.4. The molecule has 0 bridgehead atoms. The zero-order chi connectivity index (χ0) is 55.4. The molecule has 0 aliphatic carbocycles. The predicted molar refractivity (Wildman–Crippen MR) is 315 cm³/mol. The molecule has 8 atom stereocenters. The third kappa shape index (κ3) is 40.1. The fourth-order valence-electron chi connectivity index (χ4n) is 9.08. The maximum atomic E-state index is 13.4. The van der Waals surface area contributed by atoms with Crippen molar-refractivity contribution in [2.75, 3.05) is 13.2 Å². The number of ether oxygens (including phenoxy) is 3. The van der Waals surface area contributed by atoms with E-state index in [0.717, 1.165) is 77.0 Å². The lowest BCUT2D eigenvalue weighted by atomic mass is 9.99. The van der Waals surface area contributed by atoms with Gasteiger partial charge in [0.25, 0.3) is 0 Å². The van der Waals surface area contributed by atoms with Crippen LogP contribution in [0, 0.1) is 0 Å². The van der Waals surface area contributed by atoms with Crippen molar-refractivity contribution in [1.82, 2.24) is 5.32 Å². The van der Waals surface area contributed by atoms with Crippen LogP contribution in [0.4, 0.5) is 0 Å². The zero-order valence-electron chi connectivity index (χ0n) is 48.3. The van der Waals surface area contributed by atoms with E-state index < -0.39 is 67.4 Å². The molecule has 0 aromatic rings. The molecule has 0 aromatic heterocycles.